The van der Waals surface area contributed by atoms with Gasteiger partial charge in [0.2, 0.25) is 5.78 Å². The van der Waals surface area contributed by atoms with Gasteiger partial charge in [-0.1, -0.05) is 6.07 Å². The van der Waals surface area contributed by atoms with Crippen molar-refractivity contribution in [3.63, 3.8) is 0 Å². The largest absolute Gasteiger partial charge is 0.457 e. The lowest BCUT2D eigenvalue weighted by molar-refractivity contribution is -0.141. The maximum Gasteiger partial charge on any atom is 0.332 e. The Hall–Kier alpha value is -3.05. The van der Waals surface area contributed by atoms with Crippen molar-refractivity contribution in [2.45, 2.75) is 6.42 Å². The standard InChI is InChI=1S/C17H16N4O5S2/c1-20-14(18)13(16(24)21(2)17(20)25)10(22)7-26-12(23)6-9-8-28-15(19-9)11-4-3-5-27-11/h3-5,8H,6-7,18H2,1-2H3. The van der Waals surface area contributed by atoms with E-state index in [1.807, 2.05) is 17.5 Å². The fraction of sp³-hybridized carbons (Fsp3) is 0.235. The summed E-state index contributed by atoms with van der Waals surface area (Å²) in [6.45, 7) is -0.654. The Balaban J connectivity index is 1.66. The SMILES string of the molecule is Cn1c(N)c(C(=O)COC(=O)Cc2csc(-c3cccs3)n2)c(=O)n(C)c1=O. The van der Waals surface area contributed by atoms with Crippen LogP contribution in [0.4, 0.5) is 5.82 Å². The highest BCUT2D eigenvalue weighted by atomic mass is 32.1. The molecule has 0 unspecified atom stereocenters. The predicted molar refractivity (Wildman–Crippen MR) is 106 cm³/mol. The van der Waals surface area contributed by atoms with E-state index in [4.69, 9.17) is 10.5 Å². The molecule has 11 heteroatoms. The highest BCUT2D eigenvalue weighted by Crippen LogP contribution is 2.27. The Labute approximate surface area is 166 Å². The second-order valence-corrected chi connectivity index (χ2v) is 7.65. The van der Waals surface area contributed by atoms with E-state index in [0.29, 0.717) is 5.69 Å². The topological polar surface area (TPSA) is 126 Å². The van der Waals surface area contributed by atoms with E-state index < -0.39 is 29.6 Å². The van der Waals surface area contributed by atoms with Gasteiger partial charge in [-0.25, -0.2) is 9.78 Å². The van der Waals surface area contributed by atoms with Crippen LogP contribution in [0.1, 0.15) is 16.1 Å². The highest BCUT2D eigenvalue weighted by molar-refractivity contribution is 7.20. The third-order valence-electron chi connectivity index (χ3n) is 3.96. The average molecular weight is 420 g/mol. The van der Waals surface area contributed by atoms with Crippen LogP contribution < -0.4 is 17.0 Å². The lowest BCUT2D eigenvalue weighted by Crippen LogP contribution is -2.42. The number of nitrogens with zero attached hydrogens (tertiary/aromatic N) is 3. The molecular weight excluding hydrogens is 404 g/mol. The number of thiazole rings is 1. The van der Waals surface area contributed by atoms with Gasteiger partial charge in [0.25, 0.3) is 5.56 Å². The lowest BCUT2D eigenvalue weighted by Gasteiger charge is -2.10. The molecule has 0 aliphatic carbocycles. The lowest BCUT2D eigenvalue weighted by atomic mass is 10.2. The minimum Gasteiger partial charge on any atom is -0.457 e. The first-order valence-electron chi connectivity index (χ1n) is 8.02. The summed E-state index contributed by atoms with van der Waals surface area (Å²) < 4.78 is 6.72. The minimum absolute atomic E-state index is 0.101. The average Bonchev–Trinajstić information content (AvgIpc) is 3.35. The smallest absolute Gasteiger partial charge is 0.332 e. The van der Waals surface area contributed by atoms with Crippen molar-refractivity contribution >= 4 is 40.2 Å². The minimum atomic E-state index is -0.832. The summed E-state index contributed by atoms with van der Waals surface area (Å²) in [6, 6.07) is 3.85. The van der Waals surface area contributed by atoms with E-state index in [-0.39, 0.29) is 17.8 Å². The number of nitrogen functional groups attached to an aromatic ring is 1. The van der Waals surface area contributed by atoms with Crippen LogP contribution in [0.15, 0.2) is 32.5 Å². The van der Waals surface area contributed by atoms with Gasteiger partial charge in [-0.2, -0.15) is 0 Å². The summed E-state index contributed by atoms with van der Waals surface area (Å²) in [6.07, 6.45) is -0.101. The number of thiophene rings is 1. The molecule has 3 rings (SSSR count). The van der Waals surface area contributed by atoms with E-state index in [9.17, 15) is 19.2 Å². The van der Waals surface area contributed by atoms with Crippen molar-refractivity contribution < 1.29 is 14.3 Å². The predicted octanol–water partition coefficient (Wildman–Crippen LogP) is 0.820. The van der Waals surface area contributed by atoms with Crippen LogP contribution in [-0.4, -0.2) is 32.5 Å². The van der Waals surface area contributed by atoms with Crippen LogP contribution >= 0.6 is 22.7 Å². The molecule has 0 aliphatic heterocycles. The zero-order valence-corrected chi connectivity index (χ0v) is 16.6. The van der Waals surface area contributed by atoms with Crippen molar-refractivity contribution in [1.29, 1.82) is 0 Å². The van der Waals surface area contributed by atoms with Gasteiger partial charge in [0.1, 0.15) is 16.4 Å². The Kier molecular flexibility index (Phi) is 5.56. The van der Waals surface area contributed by atoms with Gasteiger partial charge in [0.15, 0.2) is 6.61 Å². The molecule has 0 bridgehead atoms. The number of ether oxygens (including phenoxy) is 1. The van der Waals surface area contributed by atoms with E-state index in [1.165, 1.54) is 25.4 Å². The van der Waals surface area contributed by atoms with Crippen molar-refractivity contribution in [2.75, 3.05) is 12.3 Å². The summed E-state index contributed by atoms with van der Waals surface area (Å²) in [7, 11) is 2.58. The van der Waals surface area contributed by atoms with Gasteiger partial charge in [-0.3, -0.25) is 23.5 Å². The summed E-state index contributed by atoms with van der Waals surface area (Å²) in [5, 5.41) is 4.49. The van der Waals surface area contributed by atoms with Gasteiger partial charge in [-0.15, -0.1) is 22.7 Å². The van der Waals surface area contributed by atoms with Crippen LogP contribution in [0.25, 0.3) is 9.88 Å². The quantitative estimate of drug-likeness (QED) is 0.462. The highest BCUT2D eigenvalue weighted by Gasteiger charge is 2.21. The Morgan fingerprint density at radius 3 is 2.64 bits per heavy atom. The monoisotopic (exact) mass is 420 g/mol. The number of anilines is 1. The van der Waals surface area contributed by atoms with Gasteiger partial charge in [0, 0.05) is 19.5 Å². The van der Waals surface area contributed by atoms with Crippen molar-refractivity contribution in [3.8, 4) is 9.88 Å². The molecule has 0 aliphatic rings. The Bertz CT molecular complexity index is 1160. The molecule has 0 saturated carbocycles. The molecule has 0 amide bonds. The number of hydrogen-bond acceptors (Lipinski definition) is 9. The molecule has 0 radical (unpaired) electrons. The molecule has 0 fully saturated rings. The molecular formula is C17H16N4O5S2. The number of aromatic nitrogens is 3. The van der Waals surface area contributed by atoms with Crippen LogP contribution in [0, 0.1) is 0 Å². The molecule has 3 aromatic rings. The first kappa shape index (κ1) is 19.7. The number of ketones is 1. The second kappa shape index (κ2) is 7.90. The molecule has 2 N–H and O–H groups in total. The molecule has 3 heterocycles. The first-order chi connectivity index (χ1) is 13.3. The number of hydrogen-bond donors (Lipinski definition) is 1. The Morgan fingerprint density at radius 2 is 1.96 bits per heavy atom. The molecule has 0 saturated heterocycles. The Morgan fingerprint density at radius 1 is 1.21 bits per heavy atom. The number of esters is 1. The summed E-state index contributed by atoms with van der Waals surface area (Å²) >= 11 is 2.96. The summed E-state index contributed by atoms with van der Waals surface area (Å²) in [5.41, 5.74) is 4.38. The van der Waals surface area contributed by atoms with E-state index in [1.54, 1.807) is 16.7 Å². The fourth-order valence-electron chi connectivity index (χ4n) is 2.44. The maximum absolute atomic E-state index is 12.3. The molecule has 146 valence electrons. The van der Waals surface area contributed by atoms with E-state index >= 15 is 0 Å². The summed E-state index contributed by atoms with van der Waals surface area (Å²) in [5.74, 6) is -1.70. The third-order valence-corrected chi connectivity index (χ3v) is 5.89. The van der Waals surface area contributed by atoms with Crippen LogP contribution in [0.3, 0.4) is 0 Å². The third kappa shape index (κ3) is 3.80. The van der Waals surface area contributed by atoms with Gasteiger partial charge >= 0.3 is 11.7 Å². The molecule has 0 atom stereocenters. The number of rotatable bonds is 6. The van der Waals surface area contributed by atoms with Gasteiger partial charge in [-0.05, 0) is 11.4 Å². The maximum atomic E-state index is 12.3. The zero-order chi connectivity index (χ0) is 20.4. The zero-order valence-electron chi connectivity index (χ0n) is 15.0. The van der Waals surface area contributed by atoms with Crippen LogP contribution in [-0.2, 0) is 30.0 Å². The van der Waals surface area contributed by atoms with Gasteiger partial charge in [0.05, 0.1) is 17.0 Å². The first-order valence-corrected chi connectivity index (χ1v) is 9.78. The molecule has 0 spiro atoms. The molecule has 9 nitrogen and oxygen atoms in total. The number of carbonyl (C=O) groups excluding carboxylic acids is 2. The van der Waals surface area contributed by atoms with E-state index in [0.717, 1.165) is 19.0 Å². The molecule has 0 aromatic carbocycles. The normalized spacial score (nSPS) is 10.8. The molecule has 3 aromatic heterocycles. The van der Waals surface area contributed by atoms with E-state index in [2.05, 4.69) is 4.98 Å². The van der Waals surface area contributed by atoms with Crippen molar-refractivity contribution in [3.05, 3.63) is 55.0 Å². The fourth-order valence-corrected chi connectivity index (χ4v) is 4.07. The van der Waals surface area contributed by atoms with Crippen LogP contribution in [0.5, 0.6) is 0 Å². The molecule has 28 heavy (non-hydrogen) atoms. The van der Waals surface area contributed by atoms with Crippen LogP contribution in [0.2, 0.25) is 0 Å². The summed E-state index contributed by atoms with van der Waals surface area (Å²) in [4.78, 5) is 53.7. The number of nitrogens with two attached hydrogens (primary N) is 1. The second-order valence-electron chi connectivity index (χ2n) is 5.85. The van der Waals surface area contributed by atoms with Crippen molar-refractivity contribution in [2.24, 2.45) is 14.1 Å². The number of carbonyl (C=O) groups is 2. The van der Waals surface area contributed by atoms with Gasteiger partial charge < -0.3 is 10.5 Å². The van der Waals surface area contributed by atoms with Crippen molar-refractivity contribution in [1.82, 2.24) is 14.1 Å². The number of Topliss-reactive ketones (excluding diaryl/α,β-unsaturated/α-hetero) is 1.